The van der Waals surface area contributed by atoms with Crippen LogP contribution in [0.15, 0.2) is 78.9 Å². The van der Waals surface area contributed by atoms with Crippen molar-refractivity contribution in [1.29, 1.82) is 0 Å². The Kier molecular flexibility index (Phi) is 7.68. The lowest BCUT2D eigenvalue weighted by molar-refractivity contribution is 0.0721. The van der Waals surface area contributed by atoms with Crippen LogP contribution in [0, 0.1) is 11.7 Å². The van der Waals surface area contributed by atoms with Crippen molar-refractivity contribution in [3.8, 4) is 28.6 Å². The largest absolute Gasteiger partial charge is 0.497 e. The normalized spacial score (nSPS) is 10.9. The number of halogens is 1. The molecule has 36 heavy (non-hydrogen) atoms. The van der Waals surface area contributed by atoms with Crippen molar-refractivity contribution in [1.82, 2.24) is 14.7 Å². The molecule has 0 unspecified atom stereocenters. The number of methoxy groups -OCH3 is 1. The van der Waals surface area contributed by atoms with E-state index in [4.69, 9.17) is 14.6 Å². The smallest absolute Gasteiger partial charge is 0.254 e. The van der Waals surface area contributed by atoms with E-state index >= 15 is 0 Å². The Bertz CT molecular complexity index is 1330. The first-order chi connectivity index (χ1) is 17.4. The molecular formula is C29H30FN3O3. The summed E-state index contributed by atoms with van der Waals surface area (Å²) in [7, 11) is 3.33. The second-order valence-electron chi connectivity index (χ2n) is 8.97. The Labute approximate surface area is 210 Å². The molecule has 1 aromatic heterocycles. The van der Waals surface area contributed by atoms with Gasteiger partial charge in [-0.25, -0.2) is 9.07 Å². The molecule has 0 saturated carbocycles. The molecule has 0 saturated heterocycles. The Morgan fingerprint density at radius 3 is 2.44 bits per heavy atom. The van der Waals surface area contributed by atoms with Crippen LogP contribution in [0.2, 0.25) is 0 Å². The first-order valence-electron chi connectivity index (χ1n) is 11.8. The van der Waals surface area contributed by atoms with Crippen molar-refractivity contribution in [3.63, 3.8) is 0 Å². The van der Waals surface area contributed by atoms with E-state index in [2.05, 4.69) is 13.8 Å². The monoisotopic (exact) mass is 487 g/mol. The second-order valence-corrected chi connectivity index (χ2v) is 8.97. The third-order valence-corrected chi connectivity index (χ3v) is 5.72. The van der Waals surface area contributed by atoms with E-state index in [1.165, 1.54) is 6.07 Å². The number of nitrogens with zero attached hydrogens (tertiary/aromatic N) is 3. The summed E-state index contributed by atoms with van der Waals surface area (Å²) in [6.45, 7) is 4.86. The molecule has 3 aromatic carbocycles. The van der Waals surface area contributed by atoms with Gasteiger partial charge in [0.1, 0.15) is 11.4 Å². The Morgan fingerprint density at radius 1 is 1.03 bits per heavy atom. The minimum absolute atomic E-state index is 0.0934. The third-order valence-electron chi connectivity index (χ3n) is 5.72. The Balaban J connectivity index is 1.79. The number of aryl methyl sites for hydroxylation is 1. The Morgan fingerprint density at radius 2 is 1.75 bits per heavy atom. The summed E-state index contributed by atoms with van der Waals surface area (Å²) in [4.78, 5) is 15.4. The van der Waals surface area contributed by atoms with Gasteiger partial charge in [0.15, 0.2) is 11.6 Å². The Hall–Kier alpha value is -4.13. The fourth-order valence-corrected chi connectivity index (χ4v) is 4.07. The van der Waals surface area contributed by atoms with Gasteiger partial charge in [-0.3, -0.25) is 4.79 Å². The van der Waals surface area contributed by atoms with Crippen molar-refractivity contribution in [2.45, 2.75) is 20.4 Å². The van der Waals surface area contributed by atoms with Gasteiger partial charge in [0.2, 0.25) is 5.88 Å². The van der Waals surface area contributed by atoms with Gasteiger partial charge >= 0.3 is 0 Å². The van der Waals surface area contributed by atoms with Crippen LogP contribution in [0.25, 0.3) is 11.3 Å². The van der Waals surface area contributed by atoms with Gasteiger partial charge in [0.05, 0.1) is 19.2 Å². The maximum absolute atomic E-state index is 14.5. The van der Waals surface area contributed by atoms with Gasteiger partial charge in [0.25, 0.3) is 5.91 Å². The first-order valence-corrected chi connectivity index (χ1v) is 11.8. The number of aromatic nitrogens is 2. The van der Waals surface area contributed by atoms with Gasteiger partial charge in [-0.15, -0.1) is 0 Å². The maximum atomic E-state index is 14.5. The lowest BCUT2D eigenvalue weighted by Crippen LogP contribution is -2.34. The topological polar surface area (TPSA) is 56.6 Å². The second kappa shape index (κ2) is 11.1. The summed E-state index contributed by atoms with van der Waals surface area (Å²) in [6.07, 6.45) is 0. The average molecular weight is 488 g/mol. The summed E-state index contributed by atoms with van der Waals surface area (Å²) < 4.78 is 27.5. The molecule has 1 heterocycles. The number of benzene rings is 3. The summed E-state index contributed by atoms with van der Waals surface area (Å²) in [5.41, 5.74) is 2.78. The molecule has 0 spiro atoms. The van der Waals surface area contributed by atoms with E-state index in [1.807, 2.05) is 30.3 Å². The van der Waals surface area contributed by atoms with Crippen molar-refractivity contribution in [2.75, 3.05) is 13.7 Å². The van der Waals surface area contributed by atoms with E-state index in [1.54, 1.807) is 66.2 Å². The highest BCUT2D eigenvalue weighted by Crippen LogP contribution is 2.35. The van der Waals surface area contributed by atoms with Crippen LogP contribution < -0.4 is 9.47 Å². The van der Waals surface area contributed by atoms with Crippen LogP contribution in [0.1, 0.15) is 29.8 Å². The van der Waals surface area contributed by atoms with E-state index in [9.17, 15) is 9.18 Å². The summed E-state index contributed by atoms with van der Waals surface area (Å²) in [6, 6.07) is 23.0. The minimum atomic E-state index is -0.475. The SMILES string of the molecule is COc1cccc(C(=O)N(Cc2c(-c3ccccc3)nn(C)c2Oc2ccccc2F)CC(C)C)c1. The lowest BCUT2D eigenvalue weighted by Gasteiger charge is -2.25. The summed E-state index contributed by atoms with van der Waals surface area (Å²) in [5, 5.41) is 4.71. The number of carbonyl (C=O) groups is 1. The maximum Gasteiger partial charge on any atom is 0.254 e. The molecule has 4 rings (SSSR count). The number of ether oxygens (including phenoxy) is 2. The zero-order valence-electron chi connectivity index (χ0n) is 20.9. The highest BCUT2D eigenvalue weighted by molar-refractivity contribution is 5.94. The fourth-order valence-electron chi connectivity index (χ4n) is 4.07. The average Bonchev–Trinajstić information content (AvgIpc) is 3.19. The van der Waals surface area contributed by atoms with Crippen LogP contribution in [-0.4, -0.2) is 34.2 Å². The van der Waals surface area contributed by atoms with Crippen molar-refractivity contribution in [3.05, 3.63) is 95.8 Å². The van der Waals surface area contributed by atoms with E-state index in [-0.39, 0.29) is 24.1 Å². The number of amides is 1. The van der Waals surface area contributed by atoms with Gasteiger partial charge in [-0.1, -0.05) is 62.4 Å². The molecule has 0 N–H and O–H groups in total. The molecule has 6 nitrogen and oxygen atoms in total. The quantitative estimate of drug-likeness (QED) is 0.277. The van der Waals surface area contributed by atoms with Gasteiger partial charge < -0.3 is 14.4 Å². The summed E-state index contributed by atoms with van der Waals surface area (Å²) in [5.74, 6) is 0.689. The van der Waals surface area contributed by atoms with Crippen molar-refractivity contribution >= 4 is 5.91 Å². The number of rotatable bonds is 9. The molecule has 186 valence electrons. The highest BCUT2D eigenvalue weighted by Gasteiger charge is 2.26. The van der Waals surface area contributed by atoms with Crippen LogP contribution >= 0.6 is 0 Å². The molecule has 0 aliphatic heterocycles. The first kappa shape index (κ1) is 25.0. The van der Waals surface area contributed by atoms with Crippen molar-refractivity contribution in [2.24, 2.45) is 13.0 Å². The third kappa shape index (κ3) is 5.57. The predicted octanol–water partition coefficient (Wildman–Crippen LogP) is 6.33. The molecule has 0 atom stereocenters. The van der Waals surface area contributed by atoms with Gasteiger partial charge in [0, 0.05) is 24.7 Å². The zero-order chi connectivity index (χ0) is 25.7. The number of hydrogen-bond donors (Lipinski definition) is 0. The molecule has 0 fully saturated rings. The van der Waals surface area contributed by atoms with Crippen LogP contribution in [0.3, 0.4) is 0 Å². The molecule has 0 aliphatic rings. The number of carbonyl (C=O) groups excluding carboxylic acids is 1. The standard InChI is InChI=1S/C29H30FN3O3/c1-20(2)18-33(28(34)22-13-10-14-23(17-22)35-4)19-24-27(21-11-6-5-7-12-21)31-32(3)29(24)36-26-16-9-8-15-25(26)30/h5-17,20H,18-19H2,1-4H3. The van der Waals surface area contributed by atoms with Gasteiger partial charge in [-0.05, 0) is 36.2 Å². The molecule has 7 heteroatoms. The van der Waals surface area contributed by atoms with Crippen LogP contribution in [0.4, 0.5) is 4.39 Å². The minimum Gasteiger partial charge on any atom is -0.497 e. The predicted molar refractivity (Wildman–Crippen MR) is 138 cm³/mol. The molecule has 1 amide bonds. The van der Waals surface area contributed by atoms with E-state index in [0.29, 0.717) is 35.0 Å². The lowest BCUT2D eigenvalue weighted by atomic mass is 10.1. The fraction of sp³-hybridized carbons (Fsp3) is 0.241. The molecular weight excluding hydrogens is 457 g/mol. The van der Waals surface area contributed by atoms with Gasteiger partial charge in [-0.2, -0.15) is 5.10 Å². The number of para-hydroxylation sites is 1. The van der Waals surface area contributed by atoms with Crippen LogP contribution in [0.5, 0.6) is 17.4 Å². The van der Waals surface area contributed by atoms with E-state index < -0.39 is 5.82 Å². The molecule has 4 aromatic rings. The van der Waals surface area contributed by atoms with Crippen LogP contribution in [-0.2, 0) is 13.6 Å². The summed E-state index contributed by atoms with van der Waals surface area (Å²) >= 11 is 0. The highest BCUT2D eigenvalue weighted by atomic mass is 19.1. The molecule has 0 aliphatic carbocycles. The molecule has 0 radical (unpaired) electrons. The zero-order valence-corrected chi connectivity index (χ0v) is 20.9. The van der Waals surface area contributed by atoms with Crippen molar-refractivity contribution < 1.29 is 18.7 Å². The number of hydrogen-bond acceptors (Lipinski definition) is 4. The van der Waals surface area contributed by atoms with E-state index in [0.717, 1.165) is 5.56 Å². The molecule has 0 bridgehead atoms.